The average molecular weight is 363 g/mol. The second-order valence-corrected chi connectivity index (χ2v) is 5.51. The molecule has 11 nitrogen and oxygen atoms in total. The molecule has 1 saturated heterocycles. The molecular formula is C12H15F2N5O6. The third-order valence-corrected chi connectivity index (χ3v) is 3.92. The fourth-order valence-corrected chi connectivity index (χ4v) is 2.83. The molecule has 0 amide bonds. The van der Waals surface area contributed by atoms with E-state index in [1.807, 2.05) is 0 Å². The molecule has 1 fully saturated rings. The highest BCUT2D eigenvalue weighted by atomic mass is 19.3. The highest BCUT2D eigenvalue weighted by Crippen LogP contribution is 2.30. The SMILES string of the molecule is Nc1nc2c(c(=O)[nH]1)n(CC(F)F)c(=O)n2[C@@H]1O[C@H](CO)[C@@H](O)[C@H]1O. The predicted molar refractivity (Wildman–Crippen MR) is 78.0 cm³/mol. The van der Waals surface area contributed by atoms with Gasteiger partial charge in [-0.1, -0.05) is 0 Å². The number of aromatic nitrogens is 4. The van der Waals surface area contributed by atoms with Crippen LogP contribution >= 0.6 is 0 Å². The van der Waals surface area contributed by atoms with Gasteiger partial charge < -0.3 is 25.8 Å². The van der Waals surface area contributed by atoms with E-state index < -0.39 is 60.9 Å². The third kappa shape index (κ3) is 2.70. The second kappa shape index (κ2) is 6.18. The van der Waals surface area contributed by atoms with Crippen LogP contribution < -0.4 is 17.0 Å². The number of aliphatic hydroxyl groups is 3. The number of aliphatic hydroxyl groups excluding tert-OH is 3. The quantitative estimate of drug-likeness (QED) is 0.392. The number of H-pyrrole nitrogens is 1. The standard InChI is InChI=1S/C12H15F2N5O6/c13-4(14)1-18-5-8(16-11(15)17-9(5)23)19(12(18)24)10-7(22)6(21)3(2-20)25-10/h3-4,6-7,10,20-22H,1-2H2,(H3,15,16,17,23)/t3-,6-,7-,10-/m1/s1. The maximum atomic E-state index is 12.8. The minimum Gasteiger partial charge on any atom is -0.394 e. The number of ether oxygens (including phenoxy) is 1. The molecule has 2 aromatic rings. The van der Waals surface area contributed by atoms with Gasteiger partial charge in [-0.3, -0.25) is 14.3 Å². The zero-order valence-electron chi connectivity index (χ0n) is 12.5. The van der Waals surface area contributed by atoms with E-state index in [-0.39, 0.29) is 11.6 Å². The molecular weight excluding hydrogens is 348 g/mol. The molecule has 0 radical (unpaired) electrons. The number of nitrogens with one attached hydrogen (secondary N) is 1. The molecule has 0 spiro atoms. The first-order chi connectivity index (χ1) is 11.8. The lowest BCUT2D eigenvalue weighted by Crippen LogP contribution is -2.36. The Balaban J connectivity index is 2.27. The van der Waals surface area contributed by atoms with E-state index in [1.165, 1.54) is 0 Å². The molecule has 0 saturated carbocycles. The van der Waals surface area contributed by atoms with Crippen LogP contribution in [0, 0.1) is 0 Å². The van der Waals surface area contributed by atoms with E-state index in [4.69, 9.17) is 15.6 Å². The number of alkyl halides is 2. The van der Waals surface area contributed by atoms with Crippen LogP contribution in [-0.2, 0) is 11.3 Å². The van der Waals surface area contributed by atoms with Gasteiger partial charge in [0.2, 0.25) is 5.95 Å². The normalized spacial score (nSPS) is 26.8. The summed E-state index contributed by atoms with van der Waals surface area (Å²) in [6.07, 6.45) is -8.90. The molecule has 25 heavy (non-hydrogen) atoms. The molecule has 1 aliphatic heterocycles. The lowest BCUT2D eigenvalue weighted by atomic mass is 10.1. The summed E-state index contributed by atoms with van der Waals surface area (Å²) >= 11 is 0. The third-order valence-electron chi connectivity index (χ3n) is 3.92. The minimum atomic E-state index is -2.95. The van der Waals surface area contributed by atoms with Crippen LogP contribution in [0.2, 0.25) is 0 Å². The Kier molecular flexibility index (Phi) is 4.32. The van der Waals surface area contributed by atoms with Crippen molar-refractivity contribution < 1.29 is 28.8 Å². The van der Waals surface area contributed by atoms with E-state index in [1.54, 1.807) is 0 Å². The van der Waals surface area contributed by atoms with Gasteiger partial charge in [-0.15, -0.1) is 0 Å². The Hall–Kier alpha value is -2.35. The lowest BCUT2D eigenvalue weighted by molar-refractivity contribution is -0.0529. The number of anilines is 1. The molecule has 6 N–H and O–H groups in total. The van der Waals surface area contributed by atoms with Crippen LogP contribution in [0.1, 0.15) is 6.23 Å². The number of rotatable bonds is 4. The fraction of sp³-hybridized carbons (Fsp3) is 0.583. The van der Waals surface area contributed by atoms with Crippen LogP contribution in [0.15, 0.2) is 9.59 Å². The number of nitrogens with zero attached hydrogens (tertiary/aromatic N) is 3. The van der Waals surface area contributed by atoms with Crippen LogP contribution in [0.25, 0.3) is 11.2 Å². The molecule has 3 rings (SSSR count). The molecule has 0 aromatic carbocycles. The lowest BCUT2D eigenvalue weighted by Gasteiger charge is -2.15. The Morgan fingerprint density at radius 1 is 1.32 bits per heavy atom. The first kappa shape index (κ1) is 17.5. The topological polar surface area (TPSA) is 169 Å². The molecule has 0 unspecified atom stereocenters. The number of fused-ring (bicyclic) bond motifs is 1. The van der Waals surface area contributed by atoms with Crippen molar-refractivity contribution in [1.29, 1.82) is 0 Å². The Bertz CT molecular complexity index is 908. The zero-order valence-corrected chi connectivity index (χ0v) is 12.5. The molecule has 0 aliphatic carbocycles. The number of halogens is 2. The van der Waals surface area contributed by atoms with Crippen molar-refractivity contribution in [1.82, 2.24) is 19.1 Å². The highest BCUT2D eigenvalue weighted by Gasteiger charge is 2.45. The van der Waals surface area contributed by atoms with E-state index >= 15 is 0 Å². The van der Waals surface area contributed by atoms with Crippen molar-refractivity contribution in [3.05, 3.63) is 20.8 Å². The first-order valence-corrected chi connectivity index (χ1v) is 7.17. The summed E-state index contributed by atoms with van der Waals surface area (Å²) in [4.78, 5) is 30.5. The Morgan fingerprint density at radius 2 is 2.00 bits per heavy atom. The van der Waals surface area contributed by atoms with Crippen molar-refractivity contribution in [3.63, 3.8) is 0 Å². The van der Waals surface area contributed by atoms with Gasteiger partial charge in [0.15, 0.2) is 17.4 Å². The van der Waals surface area contributed by atoms with Gasteiger partial charge >= 0.3 is 5.69 Å². The van der Waals surface area contributed by atoms with Gasteiger partial charge in [-0.25, -0.2) is 18.1 Å². The number of nitrogen functional groups attached to an aromatic ring is 1. The van der Waals surface area contributed by atoms with Crippen molar-refractivity contribution in [3.8, 4) is 0 Å². The van der Waals surface area contributed by atoms with Crippen LogP contribution in [0.3, 0.4) is 0 Å². The van der Waals surface area contributed by atoms with E-state index in [9.17, 15) is 28.6 Å². The summed E-state index contributed by atoms with van der Waals surface area (Å²) in [6, 6.07) is 0. The summed E-state index contributed by atoms with van der Waals surface area (Å²) in [5.74, 6) is -0.382. The van der Waals surface area contributed by atoms with Gasteiger partial charge in [-0.05, 0) is 0 Å². The summed E-state index contributed by atoms with van der Waals surface area (Å²) in [6.45, 7) is -1.75. The molecule has 0 bridgehead atoms. The molecule has 2 aromatic heterocycles. The van der Waals surface area contributed by atoms with E-state index in [0.717, 1.165) is 0 Å². The largest absolute Gasteiger partial charge is 0.394 e. The monoisotopic (exact) mass is 363 g/mol. The van der Waals surface area contributed by atoms with Crippen molar-refractivity contribution in [2.45, 2.75) is 37.5 Å². The number of aromatic amines is 1. The zero-order chi connectivity index (χ0) is 18.5. The van der Waals surface area contributed by atoms with Crippen LogP contribution in [0.5, 0.6) is 0 Å². The highest BCUT2D eigenvalue weighted by molar-refractivity contribution is 5.71. The maximum Gasteiger partial charge on any atom is 0.332 e. The molecule has 1 aliphatic rings. The predicted octanol–water partition coefficient (Wildman–Crippen LogP) is -2.65. The number of hydrogen-bond donors (Lipinski definition) is 5. The Labute approximate surface area is 136 Å². The Morgan fingerprint density at radius 3 is 2.56 bits per heavy atom. The van der Waals surface area contributed by atoms with E-state index in [2.05, 4.69) is 9.97 Å². The first-order valence-electron chi connectivity index (χ1n) is 7.17. The molecule has 13 heteroatoms. The number of hydrogen-bond acceptors (Lipinski definition) is 8. The molecule has 138 valence electrons. The van der Waals surface area contributed by atoms with Gasteiger partial charge in [0.25, 0.3) is 12.0 Å². The summed E-state index contributed by atoms with van der Waals surface area (Å²) < 4.78 is 32.0. The van der Waals surface area contributed by atoms with Crippen LogP contribution in [-0.4, -0.2) is 65.8 Å². The van der Waals surface area contributed by atoms with E-state index in [0.29, 0.717) is 9.13 Å². The van der Waals surface area contributed by atoms with Gasteiger partial charge in [0.05, 0.1) is 13.2 Å². The summed E-state index contributed by atoms with van der Waals surface area (Å²) in [5, 5.41) is 29.0. The fourth-order valence-electron chi connectivity index (χ4n) is 2.83. The molecule has 4 atom stereocenters. The summed E-state index contributed by atoms with van der Waals surface area (Å²) in [7, 11) is 0. The number of nitrogens with two attached hydrogens (primary N) is 1. The maximum absolute atomic E-state index is 12.8. The smallest absolute Gasteiger partial charge is 0.332 e. The number of imidazole rings is 1. The summed E-state index contributed by atoms with van der Waals surface area (Å²) in [5.41, 5.74) is 2.55. The van der Waals surface area contributed by atoms with Crippen molar-refractivity contribution in [2.75, 3.05) is 12.3 Å². The average Bonchev–Trinajstić information content (AvgIpc) is 2.95. The van der Waals surface area contributed by atoms with Crippen LogP contribution in [0.4, 0.5) is 14.7 Å². The van der Waals surface area contributed by atoms with Gasteiger partial charge in [0.1, 0.15) is 18.3 Å². The van der Waals surface area contributed by atoms with Crippen molar-refractivity contribution in [2.24, 2.45) is 0 Å². The van der Waals surface area contributed by atoms with Gasteiger partial charge in [-0.2, -0.15) is 4.98 Å². The van der Waals surface area contributed by atoms with Gasteiger partial charge in [0, 0.05) is 0 Å². The minimum absolute atomic E-state index is 0.382. The van der Waals surface area contributed by atoms with Crippen molar-refractivity contribution >= 4 is 17.1 Å². The second-order valence-electron chi connectivity index (χ2n) is 5.51. The molecule has 3 heterocycles.